The van der Waals surface area contributed by atoms with E-state index in [0.29, 0.717) is 17.8 Å². The van der Waals surface area contributed by atoms with E-state index in [0.717, 1.165) is 0 Å². The Morgan fingerprint density at radius 2 is 1.28 bits per heavy atom. The van der Waals surface area contributed by atoms with Gasteiger partial charge in [0.2, 0.25) is 0 Å². The Hall–Kier alpha value is -2.45. The molecule has 2 rings (SSSR count). The summed E-state index contributed by atoms with van der Waals surface area (Å²) in [5.41, 5.74) is -0.244. The first-order chi connectivity index (χ1) is 19.6. The highest BCUT2D eigenvalue weighted by Crippen LogP contribution is 2.44. The first-order valence-corrected chi connectivity index (χ1v) is 13.5. The molecule has 1 aromatic carbocycles. The zero-order valence-corrected chi connectivity index (χ0v) is 25.7. The third-order valence-electron chi connectivity index (χ3n) is 4.65. The van der Waals surface area contributed by atoms with Gasteiger partial charge in [-0.2, -0.15) is 35.1 Å². The molecule has 0 bridgehead atoms. The Morgan fingerprint density at radius 3 is 1.79 bits per heavy atom. The van der Waals surface area contributed by atoms with Gasteiger partial charge in [0.1, 0.15) is 29.5 Å². The molecule has 20 heteroatoms. The van der Waals surface area contributed by atoms with E-state index in [1.165, 1.54) is 42.7 Å². The minimum atomic E-state index is -5.18. The monoisotopic (exact) mass is 765 g/mol. The lowest BCUT2D eigenvalue weighted by molar-refractivity contribution is -0.268. The molecule has 0 fully saturated rings. The standard InChI is InChI=1S/C23H25Br2F8N3O7/c1-19(2,3)18(37)41-13-36-11-14(34-35-36)12-39-5-4-38-6-7-40-15-8-16(42-22(30,31)20(24,26)27)10-17(9-15)43-23(32,33)21(25,28)29/h8-11H,4-7,12-13H2,1-3H3. The summed E-state index contributed by atoms with van der Waals surface area (Å²) in [5.74, 6) is -3.28. The third kappa shape index (κ3) is 11.9. The molecule has 0 N–H and O–H groups in total. The molecule has 1 heterocycles. The third-order valence-corrected chi connectivity index (χ3v) is 5.57. The van der Waals surface area contributed by atoms with Crippen LogP contribution in [-0.2, 0) is 32.3 Å². The smallest absolute Gasteiger partial charge is 0.475 e. The average molecular weight is 767 g/mol. The molecule has 0 saturated heterocycles. The lowest BCUT2D eigenvalue weighted by Gasteiger charge is -2.24. The lowest BCUT2D eigenvalue weighted by Crippen LogP contribution is -2.41. The Bertz CT molecular complexity index is 1160. The molecule has 0 amide bonds. The van der Waals surface area contributed by atoms with Crippen LogP contribution in [0.1, 0.15) is 26.5 Å². The number of carbonyl (C=O) groups excluding carboxylic acids is 1. The first kappa shape index (κ1) is 36.7. The van der Waals surface area contributed by atoms with E-state index < -0.39 is 50.5 Å². The van der Waals surface area contributed by atoms with E-state index in [-0.39, 0.29) is 45.8 Å². The van der Waals surface area contributed by atoms with E-state index in [4.69, 9.17) is 18.9 Å². The van der Waals surface area contributed by atoms with Crippen molar-refractivity contribution >= 4 is 37.8 Å². The molecule has 0 radical (unpaired) electrons. The molecule has 0 aliphatic rings. The van der Waals surface area contributed by atoms with Crippen molar-refractivity contribution in [2.45, 2.75) is 56.0 Å². The zero-order chi connectivity index (χ0) is 32.7. The van der Waals surface area contributed by atoms with E-state index in [9.17, 15) is 39.9 Å². The maximum Gasteiger partial charge on any atom is 0.475 e. The van der Waals surface area contributed by atoms with Crippen molar-refractivity contribution in [3.63, 3.8) is 0 Å². The van der Waals surface area contributed by atoms with Crippen molar-refractivity contribution in [1.82, 2.24) is 15.0 Å². The Balaban J connectivity index is 1.85. The lowest BCUT2D eigenvalue weighted by atomic mass is 9.98. The van der Waals surface area contributed by atoms with Gasteiger partial charge >= 0.3 is 27.9 Å². The number of rotatable bonds is 17. The van der Waals surface area contributed by atoms with Gasteiger partial charge in [0.05, 0.1) is 38.0 Å². The van der Waals surface area contributed by atoms with Crippen molar-refractivity contribution in [2.75, 3.05) is 26.4 Å². The molecule has 0 spiro atoms. The van der Waals surface area contributed by atoms with Gasteiger partial charge in [-0.25, -0.2) is 4.68 Å². The summed E-state index contributed by atoms with van der Waals surface area (Å²) in [6.45, 7) is 4.61. The fourth-order valence-electron chi connectivity index (χ4n) is 2.58. The van der Waals surface area contributed by atoms with Gasteiger partial charge in [0.25, 0.3) is 0 Å². The molecular weight excluding hydrogens is 742 g/mol. The molecule has 0 atom stereocenters. The molecule has 0 saturated carbocycles. The molecule has 0 unspecified atom stereocenters. The molecule has 2 aromatic rings. The SMILES string of the molecule is CC(C)(C)C(=O)OCn1cc(COCCOCCOc2cc(OC(F)(F)C(F)(F)Br)cc(OC(F)(F)C(F)(F)Br)c2)nn1. The van der Waals surface area contributed by atoms with Crippen LogP contribution in [0.25, 0.3) is 0 Å². The quantitative estimate of drug-likeness (QED) is 0.0789. The highest BCUT2D eigenvalue weighted by molar-refractivity contribution is 9.10. The highest BCUT2D eigenvalue weighted by atomic mass is 79.9. The summed E-state index contributed by atoms with van der Waals surface area (Å²) >= 11 is 2.86. The van der Waals surface area contributed by atoms with Crippen LogP contribution in [0.2, 0.25) is 0 Å². The summed E-state index contributed by atoms with van der Waals surface area (Å²) in [6.07, 6.45) is -8.85. The van der Waals surface area contributed by atoms with Crippen LogP contribution in [0, 0.1) is 5.41 Å². The Labute approximate surface area is 256 Å². The van der Waals surface area contributed by atoms with E-state index in [1.807, 2.05) is 0 Å². The van der Waals surface area contributed by atoms with Crippen LogP contribution >= 0.6 is 31.9 Å². The number of alkyl halides is 10. The summed E-state index contributed by atoms with van der Waals surface area (Å²) in [7, 11) is 0. The largest absolute Gasteiger partial charge is 0.491 e. The predicted octanol–water partition coefficient (Wildman–Crippen LogP) is 6.36. The molecule has 244 valence electrons. The molecule has 43 heavy (non-hydrogen) atoms. The summed E-state index contributed by atoms with van der Waals surface area (Å²) < 4.78 is 137. The van der Waals surface area contributed by atoms with Crippen LogP contribution in [0.5, 0.6) is 17.2 Å². The van der Waals surface area contributed by atoms with Crippen molar-refractivity contribution in [2.24, 2.45) is 5.41 Å². The first-order valence-electron chi connectivity index (χ1n) is 11.9. The number of nitrogens with zero attached hydrogens (tertiary/aromatic N) is 3. The normalized spacial score (nSPS) is 13.1. The second-order valence-electron chi connectivity index (χ2n) is 9.45. The molecule has 10 nitrogen and oxygen atoms in total. The van der Waals surface area contributed by atoms with Crippen LogP contribution in [0.3, 0.4) is 0 Å². The number of ether oxygens (including phenoxy) is 6. The highest BCUT2D eigenvalue weighted by Gasteiger charge is 2.59. The summed E-state index contributed by atoms with van der Waals surface area (Å²) in [6, 6.07) is 1.49. The van der Waals surface area contributed by atoms with Crippen LogP contribution in [0.4, 0.5) is 35.1 Å². The maximum absolute atomic E-state index is 13.6. The van der Waals surface area contributed by atoms with Crippen LogP contribution in [-0.4, -0.2) is 69.3 Å². The van der Waals surface area contributed by atoms with Gasteiger partial charge in [-0.1, -0.05) is 5.21 Å². The fraction of sp³-hybridized carbons (Fsp3) is 0.609. The van der Waals surface area contributed by atoms with Crippen LogP contribution in [0.15, 0.2) is 24.4 Å². The average Bonchev–Trinajstić information content (AvgIpc) is 3.29. The molecular formula is C23H25Br2F8N3O7. The van der Waals surface area contributed by atoms with Gasteiger partial charge in [-0.05, 0) is 20.8 Å². The van der Waals surface area contributed by atoms with Crippen molar-refractivity contribution in [1.29, 1.82) is 0 Å². The number of benzene rings is 1. The summed E-state index contributed by atoms with van der Waals surface area (Å²) in [4.78, 5) is 2.04. The number of hydrogen-bond donors (Lipinski definition) is 0. The number of halogens is 10. The van der Waals surface area contributed by atoms with E-state index >= 15 is 0 Å². The Morgan fingerprint density at radius 1 is 0.791 bits per heavy atom. The number of hydrogen-bond acceptors (Lipinski definition) is 9. The topological polar surface area (TPSA) is 103 Å². The number of carbonyl (C=O) groups is 1. The summed E-state index contributed by atoms with van der Waals surface area (Å²) in [5, 5.41) is 7.65. The van der Waals surface area contributed by atoms with E-state index in [1.54, 1.807) is 20.8 Å². The van der Waals surface area contributed by atoms with Gasteiger partial charge in [0.15, 0.2) is 6.73 Å². The van der Waals surface area contributed by atoms with Gasteiger partial charge in [0, 0.05) is 50.1 Å². The fourth-order valence-corrected chi connectivity index (χ4v) is 2.74. The molecule has 0 aliphatic heterocycles. The van der Waals surface area contributed by atoms with Crippen molar-refractivity contribution < 1.29 is 68.3 Å². The molecule has 1 aromatic heterocycles. The number of aromatic nitrogens is 3. The second kappa shape index (κ2) is 14.6. The van der Waals surface area contributed by atoms with E-state index in [2.05, 4.69) is 19.8 Å². The van der Waals surface area contributed by atoms with Gasteiger partial charge in [-0.3, -0.25) is 4.79 Å². The Kier molecular flexibility index (Phi) is 12.4. The number of esters is 1. The predicted molar refractivity (Wildman–Crippen MR) is 137 cm³/mol. The molecule has 0 aliphatic carbocycles. The minimum Gasteiger partial charge on any atom is -0.491 e. The van der Waals surface area contributed by atoms with Crippen LogP contribution < -0.4 is 14.2 Å². The maximum atomic E-state index is 13.6. The zero-order valence-electron chi connectivity index (χ0n) is 22.5. The van der Waals surface area contributed by atoms with Gasteiger partial charge in [-0.15, -0.1) is 5.10 Å². The van der Waals surface area contributed by atoms with Crippen molar-refractivity contribution in [3.8, 4) is 17.2 Å². The minimum absolute atomic E-state index is 0.0251. The van der Waals surface area contributed by atoms with Crippen molar-refractivity contribution in [3.05, 3.63) is 30.1 Å². The van der Waals surface area contributed by atoms with Gasteiger partial charge < -0.3 is 28.4 Å². The second-order valence-corrected chi connectivity index (χ2v) is 11.4.